The highest BCUT2D eigenvalue weighted by atomic mass is 32.2. The summed E-state index contributed by atoms with van der Waals surface area (Å²) in [5.41, 5.74) is 6.08. The van der Waals surface area contributed by atoms with E-state index in [-0.39, 0.29) is 12.0 Å². The highest BCUT2D eigenvalue weighted by Crippen LogP contribution is 2.31. The van der Waals surface area contributed by atoms with Crippen molar-refractivity contribution in [3.63, 3.8) is 0 Å². The van der Waals surface area contributed by atoms with Crippen LogP contribution in [0.4, 0.5) is 5.95 Å². The molecule has 198 valence electrons. The lowest BCUT2D eigenvalue weighted by atomic mass is 10.00. The van der Waals surface area contributed by atoms with E-state index >= 15 is 0 Å². The number of carbonyl (C=O) groups is 1. The number of carbonyl (C=O) groups excluding carboxylic acids is 1. The first-order valence-electron chi connectivity index (χ1n) is 13.2. The van der Waals surface area contributed by atoms with Crippen LogP contribution in [0.15, 0.2) is 83.8 Å². The number of fused-ring (bicyclic) bond motifs is 6. The third kappa shape index (κ3) is 5.77. The number of benzene rings is 3. The first-order valence-corrected chi connectivity index (χ1v) is 14.0. The highest BCUT2D eigenvalue weighted by Gasteiger charge is 2.29. The summed E-state index contributed by atoms with van der Waals surface area (Å²) in [6.45, 7) is 7.53. The third-order valence-corrected chi connectivity index (χ3v) is 7.95. The Labute approximate surface area is 233 Å². The van der Waals surface area contributed by atoms with E-state index in [0.717, 1.165) is 40.4 Å². The smallest absolute Gasteiger partial charge is 0.254 e. The molecule has 2 aliphatic heterocycles. The van der Waals surface area contributed by atoms with Gasteiger partial charge in [-0.2, -0.15) is 4.98 Å². The summed E-state index contributed by atoms with van der Waals surface area (Å²) < 4.78 is 9.89. The van der Waals surface area contributed by atoms with Crippen molar-refractivity contribution < 1.29 is 9.53 Å². The maximum Gasteiger partial charge on any atom is 0.254 e. The summed E-state index contributed by atoms with van der Waals surface area (Å²) in [5, 5.41) is 0. The van der Waals surface area contributed by atoms with Crippen LogP contribution in [0, 0.1) is 13.8 Å². The van der Waals surface area contributed by atoms with Gasteiger partial charge in [0.15, 0.2) is 0 Å². The Morgan fingerprint density at radius 3 is 2.54 bits per heavy atom. The zero-order valence-corrected chi connectivity index (χ0v) is 22.9. The number of nitrogens with one attached hydrogen (secondary N) is 1. The van der Waals surface area contributed by atoms with Crippen LogP contribution in [0.5, 0.6) is 5.88 Å². The minimum atomic E-state index is -0.259. The molecule has 3 heterocycles. The molecule has 39 heavy (non-hydrogen) atoms. The van der Waals surface area contributed by atoms with Crippen molar-refractivity contribution >= 4 is 23.8 Å². The molecule has 1 fully saturated rings. The van der Waals surface area contributed by atoms with Crippen LogP contribution in [-0.2, 0) is 6.54 Å². The fourth-order valence-electron chi connectivity index (χ4n) is 5.31. The van der Waals surface area contributed by atoms with E-state index in [9.17, 15) is 4.79 Å². The van der Waals surface area contributed by atoms with Gasteiger partial charge < -0.3 is 9.64 Å². The number of hydrogen-bond donors (Lipinski definition) is 1. The van der Waals surface area contributed by atoms with E-state index in [0.29, 0.717) is 37.0 Å². The molecule has 2 aliphatic rings. The van der Waals surface area contributed by atoms with Gasteiger partial charge in [0.1, 0.15) is 6.10 Å². The molecule has 6 rings (SSSR count). The van der Waals surface area contributed by atoms with Gasteiger partial charge in [-0.1, -0.05) is 54.6 Å². The molecule has 1 saturated heterocycles. The van der Waals surface area contributed by atoms with Crippen molar-refractivity contribution in [2.45, 2.75) is 31.4 Å². The van der Waals surface area contributed by atoms with Crippen molar-refractivity contribution in [2.75, 3.05) is 30.9 Å². The largest absolute Gasteiger partial charge is 0.471 e. The Balaban J connectivity index is 1.40. The number of anilines is 1. The summed E-state index contributed by atoms with van der Waals surface area (Å²) in [5.74, 6) is 0.981. The Kier molecular flexibility index (Phi) is 7.22. The maximum atomic E-state index is 13.6. The number of ether oxygens (including phenoxy) is 1. The normalized spacial score (nSPS) is 17.6. The van der Waals surface area contributed by atoms with Crippen LogP contribution in [0.2, 0.25) is 0 Å². The molecule has 1 amide bonds. The second-order valence-corrected chi connectivity index (χ2v) is 11.0. The van der Waals surface area contributed by atoms with Crippen LogP contribution >= 0.6 is 11.9 Å². The third-order valence-electron chi connectivity index (χ3n) is 7.18. The monoisotopic (exact) mass is 537 g/mol. The molecule has 1 atom stereocenters. The molecule has 8 heteroatoms. The number of aromatic nitrogens is 2. The quantitative estimate of drug-likeness (QED) is 0.341. The summed E-state index contributed by atoms with van der Waals surface area (Å²) in [7, 11) is 0. The lowest BCUT2D eigenvalue weighted by Gasteiger charge is -2.25. The van der Waals surface area contributed by atoms with E-state index < -0.39 is 0 Å². The summed E-state index contributed by atoms with van der Waals surface area (Å²) >= 11 is 1.39. The number of nitrogens with zero attached hydrogens (tertiary/aromatic N) is 4. The molecule has 0 aliphatic carbocycles. The molecular weight excluding hydrogens is 506 g/mol. The Morgan fingerprint density at radius 1 is 0.923 bits per heavy atom. The van der Waals surface area contributed by atoms with Crippen molar-refractivity contribution in [1.82, 2.24) is 19.8 Å². The SMILES string of the molecule is Cc1cccc(C)c1-c1cc2nc(n1)NSc1cccc(c1)C(=O)N1CCN(Cc3ccccc3)CC(C1)O2. The van der Waals surface area contributed by atoms with Gasteiger partial charge in [-0.05, 0) is 60.7 Å². The minimum absolute atomic E-state index is 0.0147. The summed E-state index contributed by atoms with van der Waals surface area (Å²) in [6.07, 6.45) is -0.259. The van der Waals surface area contributed by atoms with E-state index in [4.69, 9.17) is 14.7 Å². The highest BCUT2D eigenvalue weighted by molar-refractivity contribution is 8.00. The maximum absolute atomic E-state index is 13.6. The topological polar surface area (TPSA) is 70.6 Å². The lowest BCUT2D eigenvalue weighted by molar-refractivity contribution is 0.0690. The zero-order valence-electron chi connectivity index (χ0n) is 22.1. The molecular formula is C31H31N5O2S. The van der Waals surface area contributed by atoms with Crippen LogP contribution in [-0.4, -0.2) is 58.0 Å². The molecule has 1 aromatic heterocycles. The lowest BCUT2D eigenvalue weighted by Crippen LogP contribution is -2.40. The van der Waals surface area contributed by atoms with Crippen molar-refractivity contribution in [1.29, 1.82) is 0 Å². The average Bonchev–Trinajstić information content (AvgIpc) is 3.13. The molecule has 1 unspecified atom stereocenters. The molecule has 0 spiro atoms. The van der Waals surface area contributed by atoms with E-state index in [1.54, 1.807) is 0 Å². The number of amides is 1. The second kappa shape index (κ2) is 11.1. The van der Waals surface area contributed by atoms with Crippen LogP contribution < -0.4 is 9.46 Å². The molecule has 4 aromatic rings. The zero-order chi connectivity index (χ0) is 26.8. The molecule has 0 saturated carbocycles. The minimum Gasteiger partial charge on any atom is -0.471 e. The van der Waals surface area contributed by atoms with Gasteiger partial charge in [0, 0.05) is 48.3 Å². The van der Waals surface area contributed by atoms with Gasteiger partial charge in [0.2, 0.25) is 11.8 Å². The van der Waals surface area contributed by atoms with Gasteiger partial charge in [-0.3, -0.25) is 14.4 Å². The fourth-order valence-corrected chi connectivity index (χ4v) is 5.94. The van der Waals surface area contributed by atoms with Crippen molar-refractivity contribution in [2.24, 2.45) is 0 Å². The van der Waals surface area contributed by atoms with Gasteiger partial charge in [-0.25, -0.2) is 4.98 Å². The van der Waals surface area contributed by atoms with Gasteiger partial charge in [0.05, 0.1) is 12.2 Å². The first kappa shape index (κ1) is 25.4. The predicted octanol–water partition coefficient (Wildman–Crippen LogP) is 5.60. The summed E-state index contributed by atoms with van der Waals surface area (Å²) in [4.78, 5) is 28.4. The summed E-state index contributed by atoms with van der Waals surface area (Å²) in [6, 6.07) is 26.3. The molecule has 0 radical (unpaired) electrons. The van der Waals surface area contributed by atoms with Crippen LogP contribution in [0.1, 0.15) is 27.0 Å². The average molecular weight is 538 g/mol. The number of aryl methyl sites for hydroxylation is 2. The fraction of sp³-hybridized carbons (Fsp3) is 0.258. The van der Waals surface area contributed by atoms with Crippen molar-refractivity contribution in [3.8, 4) is 17.1 Å². The Bertz CT molecular complexity index is 1480. The predicted molar refractivity (Wildman–Crippen MR) is 155 cm³/mol. The molecule has 6 bridgehead atoms. The van der Waals surface area contributed by atoms with Crippen LogP contribution in [0.25, 0.3) is 11.3 Å². The van der Waals surface area contributed by atoms with Gasteiger partial charge in [0.25, 0.3) is 5.91 Å². The first-order chi connectivity index (χ1) is 19.0. The molecule has 3 aromatic carbocycles. The van der Waals surface area contributed by atoms with E-state index in [1.165, 1.54) is 17.5 Å². The van der Waals surface area contributed by atoms with E-state index in [2.05, 4.69) is 65.9 Å². The van der Waals surface area contributed by atoms with Crippen LogP contribution in [0.3, 0.4) is 0 Å². The standard InChI is InChI=1S/C31H31N5O2S/c1-21-8-6-9-22(2)29(21)27-17-28-33-31(32-27)34-39-26-13-7-12-24(16-26)30(37)36-15-14-35(19-25(20-36)38-28)18-23-10-4-3-5-11-23/h3-13,16-17,25H,14-15,18-20H2,1-2H3,(H,32,33,34). The Morgan fingerprint density at radius 2 is 1.72 bits per heavy atom. The van der Waals surface area contributed by atoms with E-state index in [1.807, 2.05) is 41.3 Å². The van der Waals surface area contributed by atoms with Crippen molar-refractivity contribution in [3.05, 3.63) is 101 Å². The molecule has 1 N–H and O–H groups in total. The second-order valence-electron chi connectivity index (χ2n) is 10.1. The Hall–Kier alpha value is -3.88. The van der Waals surface area contributed by atoms with Gasteiger partial charge >= 0.3 is 0 Å². The number of hydrogen-bond acceptors (Lipinski definition) is 7. The van der Waals surface area contributed by atoms with Gasteiger partial charge in [-0.15, -0.1) is 0 Å². The number of rotatable bonds is 3. The molecule has 7 nitrogen and oxygen atoms in total.